The van der Waals surface area contributed by atoms with Gasteiger partial charge in [0.2, 0.25) is 23.6 Å². The molecule has 7 amide bonds. The summed E-state index contributed by atoms with van der Waals surface area (Å²) in [6.07, 6.45) is 10.3. The van der Waals surface area contributed by atoms with E-state index in [-0.39, 0.29) is 70.9 Å². The Morgan fingerprint density at radius 2 is 1.54 bits per heavy atom. The van der Waals surface area contributed by atoms with Crippen LogP contribution in [0.5, 0.6) is 0 Å². The van der Waals surface area contributed by atoms with Crippen molar-refractivity contribution in [2.24, 2.45) is 5.41 Å². The van der Waals surface area contributed by atoms with Gasteiger partial charge in [0.25, 0.3) is 17.7 Å². The summed E-state index contributed by atoms with van der Waals surface area (Å²) in [5.41, 5.74) is 6.29. The molecule has 9 heterocycles. The molecule has 2 aromatic heterocycles. The number of carbonyl (C=O) groups is 7. The van der Waals surface area contributed by atoms with Gasteiger partial charge in [-0.2, -0.15) is 0 Å². The number of anilines is 4. The predicted molar refractivity (Wildman–Crippen MR) is 311 cm³/mol. The fourth-order valence-corrected chi connectivity index (χ4v) is 14.8. The number of rotatable bonds is 12. The summed E-state index contributed by atoms with van der Waals surface area (Å²) < 4.78 is 17.9. The lowest BCUT2D eigenvalue weighted by atomic mass is 9.71. The van der Waals surface area contributed by atoms with E-state index in [0.717, 1.165) is 92.4 Å². The fourth-order valence-electron chi connectivity index (χ4n) is 14.8. The molecule has 13 rings (SSSR count). The summed E-state index contributed by atoms with van der Waals surface area (Å²) in [4.78, 5) is 116. The van der Waals surface area contributed by atoms with Crippen LogP contribution in [0.25, 0.3) is 22.3 Å². The maximum absolute atomic E-state index is 15.9. The third-order valence-electron chi connectivity index (χ3n) is 19.5. The van der Waals surface area contributed by atoms with Crippen LogP contribution >= 0.6 is 0 Å². The molecule has 3 aromatic carbocycles. The first-order valence-corrected chi connectivity index (χ1v) is 30.0. The van der Waals surface area contributed by atoms with E-state index in [9.17, 15) is 28.8 Å². The molecule has 20 heteroatoms. The Morgan fingerprint density at radius 3 is 2.25 bits per heavy atom. The van der Waals surface area contributed by atoms with E-state index in [1.54, 1.807) is 25.4 Å². The van der Waals surface area contributed by atoms with Gasteiger partial charge >= 0.3 is 0 Å². The molecule has 19 nitrogen and oxygen atoms in total. The Kier molecular flexibility index (Phi) is 13.8. The number of hydrogen-bond acceptors (Lipinski definition) is 13. The number of halogens is 1. The van der Waals surface area contributed by atoms with Crippen LogP contribution in [0.15, 0.2) is 60.9 Å². The van der Waals surface area contributed by atoms with E-state index in [1.165, 1.54) is 31.4 Å². The second-order valence-electron chi connectivity index (χ2n) is 25.4. The SMILES string of the molecule is Cc1cc(F)c(Nc2nc(-c3ccc4c(c3)N(C3CC(N5CCCCC5)C3)C(=O)C43CCN(C(=O)CN4CC5(CCN(c6ccc7c(c6)C(=O)N(C6CCC(=O)NC6=O)C7=O)CC5)C4)CC3)cc3ncn(C(C)C)c23)cc1C(=O)NC(C)C. The van der Waals surface area contributed by atoms with E-state index >= 15 is 9.18 Å². The van der Waals surface area contributed by atoms with Crippen molar-refractivity contribution < 1.29 is 38.0 Å². The molecule has 1 unspecified atom stereocenters. The molecule has 7 aliphatic heterocycles. The first-order valence-electron chi connectivity index (χ1n) is 30.0. The van der Waals surface area contributed by atoms with E-state index in [1.807, 2.05) is 55.4 Å². The number of hydrogen-bond donors (Lipinski definition) is 3. The van der Waals surface area contributed by atoms with Crippen LogP contribution in [0.4, 0.5) is 27.3 Å². The Labute approximate surface area is 482 Å². The standard InChI is InChI=1S/C63H73FN12O7/c1-36(2)66-57(79)44-30-49(47(64)25-38(44)5)68-56-55-50(65-35-74(55)37(3)4)31-48(67-56)39-9-12-46-52(26-39)75(42-27-41(28-42)71-19-7-6-8-20-71)61(83)63(46)17-23-73(24-18-63)54(78)32-70-33-62(34-70)15-21-72(22-16-62)40-10-11-43-45(29-40)60(82)76(59(43)81)51-13-14-53(77)69-58(51)80/h9-12,25-26,29-31,35-37,41-42,51H,6-8,13-24,27-28,32-34H2,1-5H3,(H,66,79)(H,67,68)(H,69,77,80). The molecule has 0 radical (unpaired) electrons. The molecule has 2 spiro atoms. The second-order valence-corrected chi connectivity index (χ2v) is 25.4. The third-order valence-corrected chi connectivity index (χ3v) is 19.5. The molecular weight excluding hydrogens is 1060 g/mol. The van der Waals surface area contributed by atoms with Crippen molar-refractivity contribution in [1.82, 2.24) is 44.8 Å². The van der Waals surface area contributed by atoms with Crippen LogP contribution in [-0.2, 0) is 24.6 Å². The number of aryl methyl sites for hydroxylation is 1. The topological polar surface area (TPSA) is 206 Å². The smallest absolute Gasteiger partial charge is 0.262 e. The molecular formula is C63H73FN12O7. The van der Waals surface area contributed by atoms with E-state index in [0.29, 0.717) is 72.2 Å². The molecule has 3 N–H and O–H groups in total. The molecule has 8 aliphatic rings. The Bertz CT molecular complexity index is 3520. The highest BCUT2D eigenvalue weighted by atomic mass is 19.1. The number of fused-ring (bicyclic) bond motifs is 4. The minimum Gasteiger partial charge on any atom is -0.371 e. The average molecular weight is 1130 g/mol. The number of pyridine rings is 1. The van der Waals surface area contributed by atoms with Crippen LogP contribution in [0.2, 0.25) is 0 Å². The van der Waals surface area contributed by atoms with Crippen LogP contribution in [0.3, 0.4) is 0 Å². The van der Waals surface area contributed by atoms with Crippen LogP contribution < -0.4 is 25.8 Å². The lowest BCUT2D eigenvalue weighted by molar-refractivity contribution is -0.140. The zero-order valence-corrected chi connectivity index (χ0v) is 48.1. The van der Waals surface area contributed by atoms with Gasteiger partial charge < -0.3 is 34.8 Å². The molecule has 83 heavy (non-hydrogen) atoms. The van der Waals surface area contributed by atoms with Gasteiger partial charge in [-0.3, -0.25) is 48.7 Å². The van der Waals surface area contributed by atoms with E-state index < -0.39 is 40.9 Å². The van der Waals surface area contributed by atoms with Crippen LogP contribution in [0.1, 0.15) is 147 Å². The van der Waals surface area contributed by atoms with Gasteiger partial charge in [0.05, 0.1) is 46.3 Å². The molecule has 1 saturated carbocycles. The molecule has 434 valence electrons. The first-order chi connectivity index (χ1) is 39.9. The van der Waals surface area contributed by atoms with Gasteiger partial charge in [0.1, 0.15) is 17.4 Å². The zero-order valence-electron chi connectivity index (χ0n) is 48.1. The number of aromatic nitrogens is 3. The molecule has 1 aliphatic carbocycles. The highest BCUT2D eigenvalue weighted by Crippen LogP contribution is 2.53. The molecule has 1 atom stereocenters. The predicted octanol–water partition coefficient (Wildman–Crippen LogP) is 7.24. The number of benzene rings is 3. The Hall–Kier alpha value is -7.58. The summed E-state index contributed by atoms with van der Waals surface area (Å²) >= 11 is 0. The van der Waals surface area contributed by atoms with Crippen molar-refractivity contribution in [1.29, 1.82) is 0 Å². The lowest BCUT2D eigenvalue weighted by Gasteiger charge is -2.54. The van der Waals surface area contributed by atoms with Crippen molar-refractivity contribution in [3.63, 3.8) is 0 Å². The number of likely N-dealkylation sites (tertiary alicyclic amines) is 3. The number of amides is 7. The number of carbonyl (C=O) groups excluding carboxylic acids is 7. The average Bonchev–Trinajstić information content (AvgIpc) is 1.77. The van der Waals surface area contributed by atoms with Crippen LogP contribution in [0, 0.1) is 18.2 Å². The van der Waals surface area contributed by atoms with E-state index in [2.05, 4.69) is 47.7 Å². The number of imidazole rings is 1. The van der Waals surface area contributed by atoms with Crippen molar-refractivity contribution in [3.05, 3.63) is 94.6 Å². The number of nitrogens with one attached hydrogen (secondary N) is 3. The summed E-state index contributed by atoms with van der Waals surface area (Å²) in [7, 11) is 0. The molecule has 0 bridgehead atoms. The zero-order chi connectivity index (χ0) is 57.8. The van der Waals surface area contributed by atoms with Gasteiger partial charge in [-0.1, -0.05) is 18.6 Å². The molecule has 6 fully saturated rings. The molecule has 5 aromatic rings. The number of piperidine rings is 4. The summed E-state index contributed by atoms with van der Waals surface area (Å²) in [5, 5.41) is 8.46. The fraction of sp³-hybridized carbons (Fsp3) is 0.508. The van der Waals surface area contributed by atoms with Crippen molar-refractivity contribution >= 4 is 75.3 Å². The minimum absolute atomic E-state index is 0.0105. The second kappa shape index (κ2) is 20.9. The van der Waals surface area contributed by atoms with Gasteiger partial charge in [0, 0.05) is 92.4 Å². The van der Waals surface area contributed by atoms with Gasteiger partial charge in [-0.15, -0.1) is 0 Å². The van der Waals surface area contributed by atoms with Crippen molar-refractivity contribution in [3.8, 4) is 11.3 Å². The highest BCUT2D eigenvalue weighted by molar-refractivity contribution is 6.24. The van der Waals surface area contributed by atoms with Crippen LogP contribution in [-0.4, -0.2) is 159 Å². The maximum atomic E-state index is 15.9. The van der Waals surface area contributed by atoms with Gasteiger partial charge in [0.15, 0.2) is 5.82 Å². The summed E-state index contributed by atoms with van der Waals surface area (Å²) in [5.74, 6) is -2.32. The normalized spacial score (nSPS) is 23.3. The van der Waals surface area contributed by atoms with Crippen molar-refractivity contribution in [2.75, 3.05) is 74.0 Å². The quantitative estimate of drug-likeness (QED) is 0.106. The monoisotopic (exact) mass is 1130 g/mol. The minimum atomic E-state index is -1.01. The largest absolute Gasteiger partial charge is 0.371 e. The summed E-state index contributed by atoms with van der Waals surface area (Å²) in [6, 6.07) is 15.7. The van der Waals surface area contributed by atoms with E-state index in [4.69, 9.17) is 9.97 Å². The maximum Gasteiger partial charge on any atom is 0.262 e. The third kappa shape index (κ3) is 9.53. The van der Waals surface area contributed by atoms with Gasteiger partial charge in [-0.25, -0.2) is 14.4 Å². The highest BCUT2D eigenvalue weighted by Gasteiger charge is 2.56. The van der Waals surface area contributed by atoms with Gasteiger partial charge in [-0.05, 0) is 165 Å². The van der Waals surface area contributed by atoms with Crippen molar-refractivity contribution in [2.45, 2.75) is 141 Å². The Morgan fingerprint density at radius 1 is 0.807 bits per heavy atom. The number of nitrogens with zero attached hydrogens (tertiary/aromatic N) is 9. The lowest BCUT2D eigenvalue weighted by Crippen LogP contribution is -2.62. The number of imide groups is 2. The molecule has 5 saturated heterocycles. The first kappa shape index (κ1) is 54.7. The summed E-state index contributed by atoms with van der Waals surface area (Å²) in [6.45, 7) is 16.1. The Balaban J connectivity index is 0.698.